The van der Waals surface area contributed by atoms with Gasteiger partial charge in [-0.1, -0.05) is 13.8 Å². The molecule has 3 N–H and O–H groups in total. The highest BCUT2D eigenvalue weighted by atomic mass is 16.3. The second-order valence-corrected chi connectivity index (χ2v) is 3.22. The van der Waals surface area contributed by atoms with Crippen LogP contribution in [0.15, 0.2) is 9.59 Å². The Morgan fingerprint density at radius 3 is 2.08 bits per heavy atom. The number of nitrogens with zero attached hydrogens (tertiary/aromatic N) is 1. The fraction of sp³-hybridized carbons (Fsp3) is 0.714. The average Bonchev–Trinajstić information content (AvgIpc) is 2.36. The molecule has 1 rings (SSSR count). The van der Waals surface area contributed by atoms with Crippen LogP contribution in [0.4, 0.5) is 0 Å². The summed E-state index contributed by atoms with van der Waals surface area (Å²) < 4.78 is 0.991. The van der Waals surface area contributed by atoms with Crippen molar-refractivity contribution in [1.82, 2.24) is 14.8 Å². The first-order chi connectivity index (χ1) is 6.07. The van der Waals surface area contributed by atoms with Crippen molar-refractivity contribution in [3.05, 3.63) is 21.0 Å². The topological polar surface area (TPSA) is 90.9 Å². The molecule has 0 fully saturated rings. The molecule has 13 heavy (non-hydrogen) atoms. The lowest BCUT2D eigenvalue weighted by atomic mass is 10.1. The third-order valence-electron chi connectivity index (χ3n) is 2.00. The van der Waals surface area contributed by atoms with E-state index < -0.39 is 17.4 Å². The maximum atomic E-state index is 11.1. The smallest absolute Gasteiger partial charge is 0.344 e. The molecule has 0 aliphatic carbocycles. The van der Waals surface area contributed by atoms with Gasteiger partial charge in [0.15, 0.2) is 0 Å². The van der Waals surface area contributed by atoms with Gasteiger partial charge in [0.2, 0.25) is 0 Å². The lowest BCUT2D eigenvalue weighted by Crippen LogP contribution is -2.35. The molecular weight excluding hydrogens is 174 g/mol. The van der Waals surface area contributed by atoms with Gasteiger partial charge >= 0.3 is 11.4 Å². The van der Waals surface area contributed by atoms with Gasteiger partial charge in [-0.2, -0.15) is 0 Å². The van der Waals surface area contributed by atoms with Gasteiger partial charge in [0.05, 0.1) is 12.6 Å². The highest BCUT2D eigenvalue weighted by Gasteiger charge is 2.18. The molecule has 0 radical (unpaired) electrons. The van der Waals surface area contributed by atoms with Crippen LogP contribution < -0.4 is 11.4 Å². The zero-order valence-corrected chi connectivity index (χ0v) is 7.57. The number of H-pyrrole nitrogens is 2. The summed E-state index contributed by atoms with van der Waals surface area (Å²) in [4.78, 5) is 22.2. The number of rotatable bonds is 3. The van der Waals surface area contributed by atoms with Crippen molar-refractivity contribution in [2.45, 2.75) is 19.9 Å². The normalized spacial score (nSPS) is 13.5. The standard InChI is InChI=1S/C7H13N3O3/c1-4(2)5(3-11)10-6(12)8-9-7(10)13/h4-5,11H,3H2,1-2H3,(H,8,12)(H,9,13). The Labute approximate surface area is 74.2 Å². The second kappa shape index (κ2) is 3.61. The van der Waals surface area contributed by atoms with Gasteiger partial charge in [0, 0.05) is 0 Å². The number of hydrogen-bond acceptors (Lipinski definition) is 3. The lowest BCUT2D eigenvalue weighted by Gasteiger charge is -2.16. The third-order valence-corrected chi connectivity index (χ3v) is 2.00. The number of aromatic nitrogens is 3. The van der Waals surface area contributed by atoms with E-state index in [0.717, 1.165) is 4.57 Å². The SMILES string of the molecule is CC(C)C(CO)n1c(=O)[nH][nH]c1=O. The summed E-state index contributed by atoms with van der Waals surface area (Å²) in [6.07, 6.45) is 0. The van der Waals surface area contributed by atoms with Gasteiger partial charge in [-0.25, -0.2) is 24.4 Å². The van der Waals surface area contributed by atoms with Crippen LogP contribution in [-0.4, -0.2) is 26.5 Å². The second-order valence-electron chi connectivity index (χ2n) is 3.22. The van der Waals surface area contributed by atoms with E-state index in [4.69, 9.17) is 5.11 Å². The molecular formula is C7H13N3O3. The largest absolute Gasteiger partial charge is 0.394 e. The summed E-state index contributed by atoms with van der Waals surface area (Å²) in [7, 11) is 0. The van der Waals surface area contributed by atoms with Crippen LogP contribution in [0.25, 0.3) is 0 Å². The fourth-order valence-electron chi connectivity index (χ4n) is 1.21. The van der Waals surface area contributed by atoms with Gasteiger partial charge in [-0.05, 0) is 5.92 Å². The van der Waals surface area contributed by atoms with E-state index in [1.54, 1.807) is 0 Å². The van der Waals surface area contributed by atoms with Crippen molar-refractivity contribution >= 4 is 0 Å². The highest BCUT2D eigenvalue weighted by molar-refractivity contribution is 4.76. The van der Waals surface area contributed by atoms with E-state index in [-0.39, 0.29) is 12.5 Å². The first kappa shape index (κ1) is 9.79. The first-order valence-electron chi connectivity index (χ1n) is 4.08. The molecule has 1 atom stereocenters. The summed E-state index contributed by atoms with van der Waals surface area (Å²) in [5.74, 6) is 0.0274. The van der Waals surface area contributed by atoms with Gasteiger partial charge in [0.25, 0.3) is 0 Å². The molecule has 0 saturated carbocycles. The van der Waals surface area contributed by atoms with Crippen LogP contribution >= 0.6 is 0 Å². The number of aromatic amines is 2. The molecule has 0 aliphatic rings. The predicted molar refractivity (Wildman–Crippen MR) is 46.6 cm³/mol. The zero-order valence-electron chi connectivity index (χ0n) is 7.57. The minimum Gasteiger partial charge on any atom is -0.394 e. The fourth-order valence-corrected chi connectivity index (χ4v) is 1.21. The van der Waals surface area contributed by atoms with Gasteiger partial charge in [-0.15, -0.1) is 0 Å². The molecule has 1 aromatic rings. The molecule has 6 nitrogen and oxygen atoms in total. The van der Waals surface area contributed by atoms with Crippen LogP contribution in [0.1, 0.15) is 19.9 Å². The Bertz CT molecular complexity index is 345. The van der Waals surface area contributed by atoms with Crippen molar-refractivity contribution < 1.29 is 5.11 Å². The maximum Gasteiger partial charge on any atom is 0.344 e. The molecule has 0 aromatic carbocycles. The molecule has 1 heterocycles. The van der Waals surface area contributed by atoms with Crippen LogP contribution in [-0.2, 0) is 0 Å². The molecule has 0 spiro atoms. The quantitative estimate of drug-likeness (QED) is 0.570. The van der Waals surface area contributed by atoms with Crippen molar-refractivity contribution in [3.8, 4) is 0 Å². The monoisotopic (exact) mass is 187 g/mol. The van der Waals surface area contributed by atoms with Crippen LogP contribution in [0.2, 0.25) is 0 Å². The van der Waals surface area contributed by atoms with Gasteiger partial charge in [0.1, 0.15) is 0 Å². The molecule has 6 heteroatoms. The average molecular weight is 187 g/mol. The number of aliphatic hydroxyl groups is 1. The lowest BCUT2D eigenvalue weighted by molar-refractivity contribution is 0.187. The Morgan fingerprint density at radius 2 is 1.77 bits per heavy atom. The highest BCUT2D eigenvalue weighted by Crippen LogP contribution is 2.11. The number of nitrogens with one attached hydrogen (secondary N) is 2. The zero-order chi connectivity index (χ0) is 10.0. The van der Waals surface area contributed by atoms with E-state index in [0.29, 0.717) is 0 Å². The van der Waals surface area contributed by atoms with E-state index >= 15 is 0 Å². The van der Waals surface area contributed by atoms with E-state index in [9.17, 15) is 9.59 Å². The van der Waals surface area contributed by atoms with Crippen molar-refractivity contribution in [2.75, 3.05) is 6.61 Å². The minimum absolute atomic E-state index is 0.0274. The van der Waals surface area contributed by atoms with Crippen LogP contribution in [0, 0.1) is 5.92 Å². The van der Waals surface area contributed by atoms with Crippen molar-refractivity contribution in [1.29, 1.82) is 0 Å². The van der Waals surface area contributed by atoms with Gasteiger partial charge in [-0.3, -0.25) is 0 Å². The molecule has 0 saturated heterocycles. The molecule has 0 aliphatic heterocycles. The summed E-state index contributed by atoms with van der Waals surface area (Å²) in [6.45, 7) is 3.44. The molecule has 0 amide bonds. The van der Waals surface area contributed by atoms with Crippen LogP contribution in [0.5, 0.6) is 0 Å². The molecule has 74 valence electrons. The van der Waals surface area contributed by atoms with E-state index in [2.05, 4.69) is 10.2 Å². The minimum atomic E-state index is -0.516. The van der Waals surface area contributed by atoms with Gasteiger partial charge < -0.3 is 5.11 Å². The summed E-state index contributed by atoms with van der Waals surface area (Å²) in [5.41, 5.74) is -1.03. The Hall–Kier alpha value is -1.30. The number of aliphatic hydroxyl groups excluding tert-OH is 1. The summed E-state index contributed by atoms with van der Waals surface area (Å²) in [5, 5.41) is 13.3. The van der Waals surface area contributed by atoms with E-state index in [1.807, 2.05) is 13.8 Å². The molecule has 1 unspecified atom stereocenters. The molecule has 1 aromatic heterocycles. The third kappa shape index (κ3) is 1.72. The Balaban J connectivity index is 3.19. The van der Waals surface area contributed by atoms with Crippen molar-refractivity contribution in [3.63, 3.8) is 0 Å². The van der Waals surface area contributed by atoms with E-state index in [1.165, 1.54) is 0 Å². The Morgan fingerprint density at radius 1 is 1.31 bits per heavy atom. The van der Waals surface area contributed by atoms with Crippen LogP contribution in [0.3, 0.4) is 0 Å². The number of hydrogen-bond donors (Lipinski definition) is 3. The molecule has 0 bridgehead atoms. The predicted octanol–water partition coefficient (Wildman–Crippen LogP) is -0.946. The maximum absolute atomic E-state index is 11.1. The first-order valence-corrected chi connectivity index (χ1v) is 4.08. The van der Waals surface area contributed by atoms with Crippen molar-refractivity contribution in [2.24, 2.45) is 5.92 Å². The summed E-state index contributed by atoms with van der Waals surface area (Å²) in [6, 6.07) is -0.470. The Kier molecular flexibility index (Phi) is 2.72. The summed E-state index contributed by atoms with van der Waals surface area (Å²) >= 11 is 0.